The molecule has 0 saturated heterocycles. The lowest BCUT2D eigenvalue weighted by Gasteiger charge is -2.25. The summed E-state index contributed by atoms with van der Waals surface area (Å²) in [6, 6.07) is 17.8. The fourth-order valence-corrected chi connectivity index (χ4v) is 4.96. The third kappa shape index (κ3) is 7.46. The van der Waals surface area contributed by atoms with Crippen LogP contribution in [-0.2, 0) is 21.0 Å². The van der Waals surface area contributed by atoms with Gasteiger partial charge in [-0.1, -0.05) is 30.3 Å². The normalized spacial score (nSPS) is 11.5. The van der Waals surface area contributed by atoms with Crippen molar-refractivity contribution in [1.82, 2.24) is 5.32 Å². The Morgan fingerprint density at radius 2 is 1.49 bits per heavy atom. The van der Waals surface area contributed by atoms with Crippen molar-refractivity contribution in [3.63, 3.8) is 0 Å². The smallest absolute Gasteiger partial charge is 0.338 e. The zero-order valence-corrected chi connectivity index (χ0v) is 20.6. The SMILES string of the molecule is CC(=O)Nc1ccc(S(=O)(=O)N(CCCNC(=O)Nc2ccccc2C(F)(F)F)c2ccccc2)cc1. The summed E-state index contributed by atoms with van der Waals surface area (Å²) in [6.07, 6.45) is -4.46. The van der Waals surface area contributed by atoms with E-state index in [1.807, 2.05) is 0 Å². The molecule has 3 rings (SSSR count). The van der Waals surface area contributed by atoms with Gasteiger partial charge in [-0.05, 0) is 55.0 Å². The van der Waals surface area contributed by atoms with Crippen LogP contribution in [-0.4, -0.2) is 33.4 Å². The molecular weight excluding hydrogens is 509 g/mol. The highest BCUT2D eigenvalue weighted by Gasteiger charge is 2.33. The number of hydrogen-bond acceptors (Lipinski definition) is 4. The van der Waals surface area contributed by atoms with Crippen LogP contribution in [0.25, 0.3) is 0 Å². The number of carbonyl (C=O) groups is 2. The Morgan fingerprint density at radius 1 is 0.865 bits per heavy atom. The van der Waals surface area contributed by atoms with E-state index in [9.17, 15) is 31.2 Å². The molecule has 3 aromatic carbocycles. The minimum Gasteiger partial charge on any atom is -0.338 e. The molecule has 0 saturated carbocycles. The molecule has 0 fully saturated rings. The summed E-state index contributed by atoms with van der Waals surface area (Å²) < 4.78 is 67.4. The fourth-order valence-electron chi connectivity index (χ4n) is 3.45. The molecular formula is C25H25F3N4O4S. The zero-order valence-electron chi connectivity index (χ0n) is 19.7. The van der Waals surface area contributed by atoms with Gasteiger partial charge in [-0.25, -0.2) is 13.2 Å². The highest BCUT2D eigenvalue weighted by atomic mass is 32.2. The van der Waals surface area contributed by atoms with Crippen LogP contribution in [0.5, 0.6) is 0 Å². The predicted molar refractivity (Wildman–Crippen MR) is 135 cm³/mol. The van der Waals surface area contributed by atoms with Crippen LogP contribution in [0.1, 0.15) is 18.9 Å². The number of para-hydroxylation sites is 2. The Bertz CT molecular complexity index is 1330. The molecule has 0 aromatic heterocycles. The van der Waals surface area contributed by atoms with E-state index in [-0.39, 0.29) is 36.0 Å². The van der Waals surface area contributed by atoms with Gasteiger partial charge in [0.2, 0.25) is 5.91 Å². The number of hydrogen-bond donors (Lipinski definition) is 3. The van der Waals surface area contributed by atoms with Crippen molar-refractivity contribution in [3.05, 3.63) is 84.4 Å². The van der Waals surface area contributed by atoms with Crippen LogP contribution in [0, 0.1) is 0 Å². The summed E-state index contributed by atoms with van der Waals surface area (Å²) in [4.78, 5) is 23.4. The summed E-state index contributed by atoms with van der Waals surface area (Å²) in [5, 5.41) is 7.20. The standard InChI is InChI=1S/C25H25F3N4O4S/c1-18(33)30-19-12-14-21(15-13-19)37(35,36)32(20-8-3-2-4-9-20)17-7-16-29-24(34)31-23-11-6-5-10-22(23)25(26,27)28/h2-6,8-15H,7,16-17H2,1H3,(H,30,33)(H2,29,31,34). The molecule has 0 spiro atoms. The van der Waals surface area contributed by atoms with Crippen molar-refractivity contribution in [1.29, 1.82) is 0 Å². The number of nitrogens with one attached hydrogen (secondary N) is 3. The number of benzene rings is 3. The maximum Gasteiger partial charge on any atom is 0.418 e. The van der Waals surface area contributed by atoms with Crippen molar-refractivity contribution in [2.75, 3.05) is 28.0 Å². The monoisotopic (exact) mass is 534 g/mol. The molecule has 0 heterocycles. The largest absolute Gasteiger partial charge is 0.418 e. The first kappa shape index (κ1) is 27.5. The van der Waals surface area contributed by atoms with Crippen LogP contribution in [0.4, 0.5) is 35.0 Å². The summed E-state index contributed by atoms with van der Waals surface area (Å²) in [5.74, 6) is -0.292. The second-order valence-electron chi connectivity index (χ2n) is 7.90. The summed E-state index contributed by atoms with van der Waals surface area (Å²) >= 11 is 0. The molecule has 3 aromatic rings. The molecule has 196 valence electrons. The van der Waals surface area contributed by atoms with Crippen LogP contribution < -0.4 is 20.3 Å². The topological polar surface area (TPSA) is 108 Å². The molecule has 0 radical (unpaired) electrons. The van der Waals surface area contributed by atoms with E-state index in [1.165, 1.54) is 47.6 Å². The zero-order chi connectivity index (χ0) is 27.1. The second-order valence-corrected chi connectivity index (χ2v) is 9.76. The summed E-state index contributed by atoms with van der Waals surface area (Å²) in [6.45, 7) is 1.32. The quantitative estimate of drug-likeness (QED) is 0.333. The third-order valence-corrected chi connectivity index (χ3v) is 6.95. The van der Waals surface area contributed by atoms with E-state index in [1.54, 1.807) is 30.3 Å². The average Bonchev–Trinajstić information content (AvgIpc) is 2.84. The maximum absolute atomic E-state index is 13.4. The van der Waals surface area contributed by atoms with Crippen LogP contribution in [0.2, 0.25) is 0 Å². The van der Waals surface area contributed by atoms with Crippen molar-refractivity contribution >= 4 is 39.0 Å². The minimum absolute atomic E-state index is 0.0000787. The van der Waals surface area contributed by atoms with Crippen LogP contribution in [0.3, 0.4) is 0 Å². The number of amides is 3. The summed E-state index contributed by atoms with van der Waals surface area (Å²) in [7, 11) is -4.00. The highest BCUT2D eigenvalue weighted by molar-refractivity contribution is 7.92. The van der Waals surface area contributed by atoms with Gasteiger partial charge >= 0.3 is 12.2 Å². The molecule has 0 unspecified atom stereocenters. The number of rotatable bonds is 9. The molecule has 0 aliphatic rings. The van der Waals surface area contributed by atoms with Crippen molar-refractivity contribution in [2.24, 2.45) is 0 Å². The van der Waals surface area contributed by atoms with E-state index < -0.39 is 27.8 Å². The van der Waals surface area contributed by atoms with Gasteiger partial charge in [0.1, 0.15) is 0 Å². The number of anilines is 3. The van der Waals surface area contributed by atoms with Crippen molar-refractivity contribution in [2.45, 2.75) is 24.4 Å². The lowest BCUT2D eigenvalue weighted by molar-refractivity contribution is -0.136. The number of halogens is 3. The molecule has 0 aliphatic carbocycles. The van der Waals surface area contributed by atoms with E-state index in [0.717, 1.165) is 12.1 Å². The Labute approximate surface area is 212 Å². The number of urea groups is 1. The van der Waals surface area contributed by atoms with Gasteiger partial charge in [0.15, 0.2) is 0 Å². The van der Waals surface area contributed by atoms with E-state index >= 15 is 0 Å². The predicted octanol–water partition coefficient (Wildman–Crippen LogP) is 5.07. The number of nitrogens with zero attached hydrogens (tertiary/aromatic N) is 1. The van der Waals surface area contributed by atoms with Crippen LogP contribution in [0.15, 0.2) is 83.8 Å². The molecule has 37 heavy (non-hydrogen) atoms. The molecule has 0 aliphatic heterocycles. The molecule has 3 amide bonds. The maximum atomic E-state index is 13.4. The number of alkyl halides is 3. The second kappa shape index (κ2) is 11.8. The van der Waals surface area contributed by atoms with Gasteiger partial charge in [-0.3, -0.25) is 9.10 Å². The Kier molecular flexibility index (Phi) is 8.77. The number of sulfonamides is 1. The Balaban J connectivity index is 1.67. The third-order valence-electron chi connectivity index (χ3n) is 5.11. The first-order valence-electron chi connectivity index (χ1n) is 11.1. The molecule has 3 N–H and O–H groups in total. The van der Waals surface area contributed by atoms with Gasteiger partial charge in [0, 0.05) is 25.7 Å². The average molecular weight is 535 g/mol. The van der Waals surface area contributed by atoms with Crippen molar-refractivity contribution in [3.8, 4) is 0 Å². The number of carbonyl (C=O) groups excluding carboxylic acids is 2. The molecule has 0 atom stereocenters. The molecule has 12 heteroatoms. The summed E-state index contributed by atoms with van der Waals surface area (Å²) in [5.41, 5.74) is -0.517. The van der Waals surface area contributed by atoms with E-state index in [0.29, 0.717) is 11.4 Å². The van der Waals surface area contributed by atoms with Gasteiger partial charge in [0.05, 0.1) is 21.8 Å². The van der Waals surface area contributed by atoms with Crippen LogP contribution >= 0.6 is 0 Å². The van der Waals surface area contributed by atoms with E-state index in [4.69, 9.17) is 0 Å². The minimum atomic E-state index is -4.63. The Morgan fingerprint density at radius 3 is 2.11 bits per heavy atom. The van der Waals surface area contributed by atoms with Gasteiger partial charge in [0.25, 0.3) is 10.0 Å². The van der Waals surface area contributed by atoms with Crippen molar-refractivity contribution < 1.29 is 31.2 Å². The van der Waals surface area contributed by atoms with E-state index in [2.05, 4.69) is 16.0 Å². The highest BCUT2D eigenvalue weighted by Crippen LogP contribution is 2.34. The lowest BCUT2D eigenvalue weighted by Crippen LogP contribution is -2.35. The Hall–Kier alpha value is -4.06. The first-order valence-corrected chi connectivity index (χ1v) is 12.6. The van der Waals surface area contributed by atoms with Gasteiger partial charge in [-0.2, -0.15) is 13.2 Å². The van der Waals surface area contributed by atoms with Gasteiger partial charge in [-0.15, -0.1) is 0 Å². The molecule has 8 nitrogen and oxygen atoms in total. The lowest BCUT2D eigenvalue weighted by atomic mass is 10.1. The van der Waals surface area contributed by atoms with Gasteiger partial charge < -0.3 is 16.0 Å². The molecule has 0 bridgehead atoms. The first-order chi connectivity index (χ1) is 17.5. The fraction of sp³-hybridized carbons (Fsp3) is 0.200.